The van der Waals surface area contributed by atoms with Crippen molar-refractivity contribution in [1.29, 1.82) is 0 Å². The van der Waals surface area contributed by atoms with E-state index in [2.05, 4.69) is 21.3 Å². The summed E-state index contributed by atoms with van der Waals surface area (Å²) in [5.74, 6) is -0.0731. The summed E-state index contributed by atoms with van der Waals surface area (Å²) in [6, 6.07) is 10.0. The van der Waals surface area contributed by atoms with Crippen LogP contribution in [-0.2, 0) is 21.4 Å². The van der Waals surface area contributed by atoms with Gasteiger partial charge in [0.15, 0.2) is 0 Å². The summed E-state index contributed by atoms with van der Waals surface area (Å²) < 4.78 is 22.6. The van der Waals surface area contributed by atoms with Crippen molar-refractivity contribution in [3.63, 3.8) is 0 Å². The fraction of sp³-hybridized carbons (Fsp3) is 0.368. The number of aromatic nitrogens is 1. The van der Waals surface area contributed by atoms with Crippen LogP contribution >= 0.6 is 0 Å². The highest BCUT2D eigenvalue weighted by Gasteiger charge is 2.25. The van der Waals surface area contributed by atoms with Gasteiger partial charge in [-0.15, -0.1) is 0 Å². The molecule has 0 atom stereocenters. The average Bonchev–Trinajstić information content (AvgIpc) is 2.62. The maximum Gasteiger partial charge on any atom is 0.238 e. The molecule has 0 radical (unpaired) electrons. The Balaban J connectivity index is 1.51. The third-order valence-corrected chi connectivity index (χ3v) is 5.71. The minimum absolute atomic E-state index is 0.0279. The molecule has 1 aromatic carbocycles. The number of hydrogen-bond acceptors (Lipinski definition) is 5. The van der Waals surface area contributed by atoms with Gasteiger partial charge in [-0.1, -0.05) is 0 Å². The highest BCUT2D eigenvalue weighted by molar-refractivity contribution is 7.89. The van der Waals surface area contributed by atoms with Crippen LogP contribution in [-0.4, -0.2) is 37.3 Å². The molecule has 0 aliphatic carbocycles. The van der Waals surface area contributed by atoms with E-state index >= 15 is 0 Å². The number of carbonyl (C=O) groups excluding carboxylic acids is 1. The van der Waals surface area contributed by atoms with E-state index in [-0.39, 0.29) is 16.7 Å². The monoisotopic (exact) mass is 388 g/mol. The van der Waals surface area contributed by atoms with Crippen molar-refractivity contribution in [3.05, 3.63) is 53.9 Å². The Hall–Kier alpha value is -2.29. The molecule has 3 N–H and O–H groups in total. The summed E-state index contributed by atoms with van der Waals surface area (Å²) in [5.41, 5.74) is 2.82. The van der Waals surface area contributed by atoms with Gasteiger partial charge >= 0.3 is 0 Å². The van der Waals surface area contributed by atoms with E-state index in [4.69, 9.17) is 5.14 Å². The van der Waals surface area contributed by atoms with E-state index in [9.17, 15) is 13.2 Å². The highest BCUT2D eigenvalue weighted by Crippen LogP contribution is 2.21. The van der Waals surface area contributed by atoms with Crippen molar-refractivity contribution in [1.82, 2.24) is 9.88 Å². The van der Waals surface area contributed by atoms with Crippen molar-refractivity contribution < 1.29 is 13.2 Å². The molecule has 8 heteroatoms. The van der Waals surface area contributed by atoms with Crippen molar-refractivity contribution in [2.75, 3.05) is 18.4 Å². The smallest absolute Gasteiger partial charge is 0.238 e. The number of carbonyl (C=O) groups is 1. The molecule has 0 unspecified atom stereocenters. The minimum Gasteiger partial charge on any atom is -0.326 e. The summed E-state index contributed by atoms with van der Waals surface area (Å²) in [4.78, 5) is 19.1. The second-order valence-electron chi connectivity index (χ2n) is 6.91. The number of nitrogens with one attached hydrogen (secondary N) is 1. The molecule has 144 valence electrons. The number of nitrogens with zero attached hydrogens (tertiary/aromatic N) is 2. The summed E-state index contributed by atoms with van der Waals surface area (Å²) in [7, 11) is -3.73. The fourth-order valence-electron chi connectivity index (χ4n) is 3.29. The topological polar surface area (TPSA) is 105 Å². The lowest BCUT2D eigenvalue weighted by atomic mass is 9.95. The van der Waals surface area contributed by atoms with Gasteiger partial charge in [-0.2, -0.15) is 0 Å². The number of primary sulfonamides is 1. The molecular weight excluding hydrogens is 364 g/mol. The molecule has 2 heterocycles. The maximum atomic E-state index is 12.5. The molecule has 1 aliphatic heterocycles. The lowest BCUT2D eigenvalue weighted by molar-refractivity contribution is -0.121. The number of benzene rings is 1. The fourth-order valence-corrected chi connectivity index (χ4v) is 3.80. The van der Waals surface area contributed by atoms with Gasteiger partial charge in [-0.3, -0.25) is 14.7 Å². The van der Waals surface area contributed by atoms with Crippen LogP contribution < -0.4 is 10.5 Å². The lowest BCUT2D eigenvalue weighted by Crippen LogP contribution is -2.37. The largest absolute Gasteiger partial charge is 0.326 e. The first-order chi connectivity index (χ1) is 12.8. The zero-order chi connectivity index (χ0) is 19.4. The lowest BCUT2D eigenvalue weighted by Gasteiger charge is -2.31. The van der Waals surface area contributed by atoms with Crippen LogP contribution in [0.4, 0.5) is 5.69 Å². The van der Waals surface area contributed by atoms with Crippen molar-refractivity contribution >= 4 is 21.6 Å². The predicted molar refractivity (Wildman–Crippen MR) is 103 cm³/mol. The van der Waals surface area contributed by atoms with Crippen LogP contribution in [0.2, 0.25) is 0 Å². The first-order valence-electron chi connectivity index (χ1n) is 8.89. The number of pyridine rings is 1. The molecular formula is C19H24N4O3S. The Morgan fingerprint density at radius 3 is 2.48 bits per heavy atom. The first kappa shape index (κ1) is 19.5. The first-order valence-corrected chi connectivity index (χ1v) is 10.4. The van der Waals surface area contributed by atoms with E-state index in [1.807, 2.05) is 19.2 Å². The van der Waals surface area contributed by atoms with Gasteiger partial charge in [0.05, 0.1) is 4.90 Å². The van der Waals surface area contributed by atoms with Crippen LogP contribution in [0.1, 0.15) is 24.1 Å². The standard InChI is InChI=1S/C19H24N4O3S/c1-14-12-15(6-9-21-14)13-23-10-7-16(8-11-23)19(24)22-17-2-4-18(5-3-17)27(20,25)26/h2-6,9,12,16H,7-8,10-11,13H2,1H3,(H,22,24)(H2,20,25,26). The number of piperidine rings is 1. The summed E-state index contributed by atoms with van der Waals surface area (Å²) in [6.07, 6.45) is 3.42. The predicted octanol–water partition coefficient (Wildman–Crippen LogP) is 1.89. The van der Waals surface area contributed by atoms with E-state index in [1.54, 1.807) is 12.1 Å². The van der Waals surface area contributed by atoms with Crippen molar-refractivity contribution in [2.24, 2.45) is 11.1 Å². The Morgan fingerprint density at radius 2 is 1.89 bits per heavy atom. The number of likely N-dealkylation sites (tertiary alicyclic amines) is 1. The molecule has 1 saturated heterocycles. The van der Waals surface area contributed by atoms with E-state index in [1.165, 1.54) is 17.7 Å². The minimum atomic E-state index is -3.73. The number of sulfonamides is 1. The SMILES string of the molecule is Cc1cc(CN2CCC(C(=O)Nc3ccc(S(N)(=O)=O)cc3)CC2)ccn1. The number of rotatable bonds is 5. The molecule has 1 amide bonds. The van der Waals surface area contributed by atoms with Gasteiger partial charge in [0.25, 0.3) is 0 Å². The van der Waals surface area contributed by atoms with Crippen molar-refractivity contribution in [2.45, 2.75) is 31.2 Å². The normalized spacial score (nSPS) is 16.2. The van der Waals surface area contributed by atoms with Gasteiger partial charge in [-0.25, -0.2) is 13.6 Å². The summed E-state index contributed by atoms with van der Waals surface area (Å²) >= 11 is 0. The number of anilines is 1. The highest BCUT2D eigenvalue weighted by atomic mass is 32.2. The van der Waals surface area contributed by atoms with Gasteiger partial charge in [0.1, 0.15) is 0 Å². The number of nitrogens with two attached hydrogens (primary N) is 1. The molecule has 27 heavy (non-hydrogen) atoms. The van der Waals surface area contributed by atoms with Gasteiger partial charge in [0.2, 0.25) is 15.9 Å². The van der Waals surface area contributed by atoms with Crippen LogP contribution in [0.15, 0.2) is 47.5 Å². The van der Waals surface area contributed by atoms with Crippen LogP contribution in [0.3, 0.4) is 0 Å². The second kappa shape index (κ2) is 8.16. The van der Waals surface area contributed by atoms with Crippen LogP contribution in [0.5, 0.6) is 0 Å². The molecule has 0 spiro atoms. The molecule has 7 nitrogen and oxygen atoms in total. The van der Waals surface area contributed by atoms with E-state index < -0.39 is 10.0 Å². The average molecular weight is 388 g/mol. The Morgan fingerprint density at radius 1 is 1.22 bits per heavy atom. The molecule has 1 aromatic heterocycles. The quantitative estimate of drug-likeness (QED) is 0.814. The maximum absolute atomic E-state index is 12.5. The Labute approximate surface area is 159 Å². The molecule has 3 rings (SSSR count). The summed E-state index contributed by atoms with van der Waals surface area (Å²) in [6.45, 7) is 4.58. The summed E-state index contributed by atoms with van der Waals surface area (Å²) in [5, 5.41) is 7.94. The molecule has 1 aliphatic rings. The van der Waals surface area contributed by atoms with Gasteiger partial charge in [-0.05, 0) is 74.8 Å². The zero-order valence-electron chi connectivity index (χ0n) is 15.3. The second-order valence-corrected chi connectivity index (χ2v) is 8.48. The third kappa shape index (κ3) is 5.35. The molecule has 0 bridgehead atoms. The molecule has 0 saturated carbocycles. The zero-order valence-corrected chi connectivity index (χ0v) is 16.1. The van der Waals surface area contributed by atoms with E-state index in [0.29, 0.717) is 5.69 Å². The number of hydrogen-bond donors (Lipinski definition) is 2. The number of amides is 1. The van der Waals surface area contributed by atoms with Crippen LogP contribution in [0.25, 0.3) is 0 Å². The van der Waals surface area contributed by atoms with Gasteiger partial charge in [0, 0.05) is 30.0 Å². The van der Waals surface area contributed by atoms with Gasteiger partial charge < -0.3 is 5.32 Å². The van der Waals surface area contributed by atoms with E-state index in [0.717, 1.165) is 38.2 Å². The Bertz CT molecular complexity index is 905. The third-order valence-electron chi connectivity index (χ3n) is 4.78. The van der Waals surface area contributed by atoms with Crippen LogP contribution in [0, 0.1) is 12.8 Å². The number of aryl methyl sites for hydroxylation is 1. The van der Waals surface area contributed by atoms with Crippen molar-refractivity contribution in [3.8, 4) is 0 Å². The Kier molecular flexibility index (Phi) is 5.88. The molecule has 2 aromatic rings. The molecule has 1 fully saturated rings.